The molecule has 0 atom stereocenters. The van der Waals surface area contributed by atoms with Gasteiger partial charge in [0.15, 0.2) is 5.78 Å². The first-order chi connectivity index (χ1) is 11.0. The molecule has 0 spiro atoms. The number of rotatable bonds is 7. The van der Waals surface area contributed by atoms with E-state index in [0.29, 0.717) is 6.54 Å². The number of Topliss-reactive ketones (excluding diaryl/α,β-unsaturated/α-hetero) is 1. The number of nitrogens with zero attached hydrogens (tertiary/aromatic N) is 2. The zero-order chi connectivity index (χ0) is 16.8. The van der Waals surface area contributed by atoms with Crippen LogP contribution in [0.3, 0.4) is 0 Å². The maximum Gasteiger partial charge on any atom is 0.223 e. The zero-order valence-electron chi connectivity index (χ0n) is 13.8. The number of thiophene rings is 1. The fourth-order valence-corrected chi connectivity index (χ4v) is 2.93. The van der Waals surface area contributed by atoms with Gasteiger partial charge in [0.2, 0.25) is 5.91 Å². The van der Waals surface area contributed by atoms with Gasteiger partial charge in [0.1, 0.15) is 0 Å². The standard InChI is InChI=1S/C18H22N2O2S/c1-19(2)15-8-6-14(7-9-15)13-20(3)18(22)11-10-16(21)17-5-4-12-23-17/h4-9,12H,10-11,13H2,1-3H3. The summed E-state index contributed by atoms with van der Waals surface area (Å²) in [6.45, 7) is 0.555. The number of amides is 1. The van der Waals surface area contributed by atoms with Gasteiger partial charge in [-0.25, -0.2) is 0 Å². The zero-order valence-corrected chi connectivity index (χ0v) is 14.6. The molecule has 1 amide bonds. The summed E-state index contributed by atoms with van der Waals surface area (Å²) in [5.41, 5.74) is 2.21. The SMILES string of the molecule is CN(Cc1ccc(N(C)C)cc1)C(=O)CCC(=O)c1cccs1. The summed E-state index contributed by atoms with van der Waals surface area (Å²) >= 11 is 1.42. The number of carbonyl (C=O) groups excluding carboxylic acids is 2. The van der Waals surface area contributed by atoms with Crippen LogP contribution < -0.4 is 4.90 Å². The lowest BCUT2D eigenvalue weighted by Crippen LogP contribution is -2.26. The molecule has 0 aliphatic heterocycles. The van der Waals surface area contributed by atoms with Crippen LogP contribution in [-0.2, 0) is 11.3 Å². The first-order valence-electron chi connectivity index (χ1n) is 7.54. The highest BCUT2D eigenvalue weighted by Gasteiger charge is 2.13. The van der Waals surface area contributed by atoms with Gasteiger partial charge in [0, 0.05) is 46.2 Å². The van der Waals surface area contributed by atoms with E-state index >= 15 is 0 Å². The van der Waals surface area contributed by atoms with E-state index in [-0.39, 0.29) is 24.5 Å². The molecule has 2 aromatic rings. The maximum absolute atomic E-state index is 12.2. The van der Waals surface area contributed by atoms with Crippen LogP contribution in [0.1, 0.15) is 28.1 Å². The van der Waals surface area contributed by atoms with Gasteiger partial charge in [-0.15, -0.1) is 11.3 Å². The second kappa shape index (κ2) is 7.92. The predicted octanol–water partition coefficient (Wildman–Crippen LogP) is 3.44. The average molecular weight is 330 g/mol. The summed E-state index contributed by atoms with van der Waals surface area (Å²) in [6, 6.07) is 11.8. The number of carbonyl (C=O) groups is 2. The van der Waals surface area contributed by atoms with Gasteiger partial charge in [-0.2, -0.15) is 0 Å². The minimum atomic E-state index is -0.00778. The fourth-order valence-electron chi connectivity index (χ4n) is 2.23. The van der Waals surface area contributed by atoms with E-state index in [4.69, 9.17) is 0 Å². The summed E-state index contributed by atoms with van der Waals surface area (Å²) in [5, 5.41) is 1.87. The second-order valence-corrected chi connectivity index (χ2v) is 6.66. The van der Waals surface area contributed by atoms with Gasteiger partial charge >= 0.3 is 0 Å². The van der Waals surface area contributed by atoms with Gasteiger partial charge in [-0.1, -0.05) is 18.2 Å². The number of benzene rings is 1. The number of hydrogen-bond donors (Lipinski definition) is 0. The summed E-state index contributed by atoms with van der Waals surface area (Å²) < 4.78 is 0. The van der Waals surface area contributed by atoms with Crippen molar-refractivity contribution >= 4 is 28.7 Å². The Morgan fingerprint density at radius 3 is 2.26 bits per heavy atom. The van der Waals surface area contributed by atoms with E-state index < -0.39 is 0 Å². The van der Waals surface area contributed by atoms with Crippen LogP contribution in [-0.4, -0.2) is 37.7 Å². The van der Waals surface area contributed by atoms with E-state index in [9.17, 15) is 9.59 Å². The minimum Gasteiger partial charge on any atom is -0.378 e. The molecule has 4 nitrogen and oxygen atoms in total. The van der Waals surface area contributed by atoms with Crippen LogP contribution in [0.25, 0.3) is 0 Å². The Morgan fingerprint density at radius 2 is 1.70 bits per heavy atom. The smallest absolute Gasteiger partial charge is 0.223 e. The van der Waals surface area contributed by atoms with Crippen LogP contribution in [0.2, 0.25) is 0 Å². The molecule has 0 bridgehead atoms. The molecule has 0 unspecified atom stereocenters. The van der Waals surface area contributed by atoms with E-state index in [2.05, 4.69) is 0 Å². The van der Waals surface area contributed by atoms with Crippen LogP contribution in [0.4, 0.5) is 5.69 Å². The van der Waals surface area contributed by atoms with Gasteiger partial charge in [0.25, 0.3) is 0 Å². The molecule has 0 saturated heterocycles. The van der Waals surface area contributed by atoms with E-state index in [1.807, 2.05) is 54.7 Å². The summed E-state index contributed by atoms with van der Waals surface area (Å²) in [4.78, 5) is 28.5. The van der Waals surface area contributed by atoms with Crippen LogP contribution in [0, 0.1) is 0 Å². The monoisotopic (exact) mass is 330 g/mol. The van der Waals surface area contributed by atoms with Crippen molar-refractivity contribution in [3.05, 3.63) is 52.2 Å². The van der Waals surface area contributed by atoms with Crippen molar-refractivity contribution in [3.8, 4) is 0 Å². The van der Waals surface area contributed by atoms with Crippen LogP contribution >= 0.6 is 11.3 Å². The molecule has 0 N–H and O–H groups in total. The maximum atomic E-state index is 12.2. The van der Waals surface area contributed by atoms with Gasteiger partial charge in [0.05, 0.1) is 4.88 Å². The molecular weight excluding hydrogens is 308 g/mol. The summed E-state index contributed by atoms with van der Waals surface area (Å²) in [5.74, 6) is 0.0312. The quantitative estimate of drug-likeness (QED) is 0.730. The Labute approximate surface area is 141 Å². The third kappa shape index (κ3) is 4.93. The molecule has 1 aromatic heterocycles. The van der Waals surface area contributed by atoms with Crippen molar-refractivity contribution in [1.29, 1.82) is 0 Å². The van der Waals surface area contributed by atoms with Gasteiger partial charge < -0.3 is 9.80 Å². The highest BCUT2D eigenvalue weighted by atomic mass is 32.1. The molecule has 1 heterocycles. The minimum absolute atomic E-state index is 0.00778. The van der Waals surface area contributed by atoms with Crippen molar-refractivity contribution in [2.24, 2.45) is 0 Å². The summed E-state index contributed by atoms with van der Waals surface area (Å²) in [6.07, 6.45) is 0.520. The van der Waals surface area contributed by atoms with Gasteiger partial charge in [-0.05, 0) is 29.1 Å². The molecule has 0 radical (unpaired) electrons. The molecule has 23 heavy (non-hydrogen) atoms. The van der Waals surface area contributed by atoms with Crippen molar-refractivity contribution in [3.63, 3.8) is 0 Å². The Balaban J connectivity index is 1.83. The lowest BCUT2D eigenvalue weighted by molar-refractivity contribution is -0.130. The normalized spacial score (nSPS) is 10.4. The Bertz CT molecular complexity index is 648. The molecule has 0 aliphatic carbocycles. The summed E-state index contributed by atoms with van der Waals surface area (Å²) in [7, 11) is 5.77. The first-order valence-corrected chi connectivity index (χ1v) is 8.42. The van der Waals surface area contributed by atoms with Crippen LogP contribution in [0.15, 0.2) is 41.8 Å². The van der Waals surface area contributed by atoms with Crippen molar-refractivity contribution in [2.75, 3.05) is 26.0 Å². The van der Waals surface area contributed by atoms with Crippen LogP contribution in [0.5, 0.6) is 0 Å². The third-order valence-corrected chi connectivity index (χ3v) is 4.57. The lowest BCUT2D eigenvalue weighted by Gasteiger charge is -2.18. The van der Waals surface area contributed by atoms with E-state index in [1.54, 1.807) is 18.0 Å². The number of ketones is 1. The molecule has 5 heteroatoms. The first kappa shape index (κ1) is 17.2. The van der Waals surface area contributed by atoms with Crippen molar-refractivity contribution in [1.82, 2.24) is 4.90 Å². The molecule has 0 saturated carbocycles. The number of hydrogen-bond acceptors (Lipinski definition) is 4. The van der Waals surface area contributed by atoms with E-state index in [1.165, 1.54) is 11.3 Å². The molecule has 2 rings (SSSR count). The van der Waals surface area contributed by atoms with E-state index in [0.717, 1.165) is 16.1 Å². The second-order valence-electron chi connectivity index (χ2n) is 5.71. The largest absolute Gasteiger partial charge is 0.378 e. The molecule has 0 fully saturated rings. The lowest BCUT2D eigenvalue weighted by atomic mass is 10.1. The third-order valence-electron chi connectivity index (χ3n) is 3.66. The topological polar surface area (TPSA) is 40.6 Å². The molecule has 122 valence electrons. The highest BCUT2D eigenvalue weighted by Crippen LogP contribution is 2.15. The predicted molar refractivity (Wildman–Crippen MR) is 95.1 cm³/mol. The molecular formula is C18H22N2O2S. The molecule has 1 aromatic carbocycles. The Hall–Kier alpha value is -2.14. The Kier molecular flexibility index (Phi) is 5.93. The fraction of sp³-hybridized carbons (Fsp3) is 0.333. The Morgan fingerprint density at radius 1 is 1.00 bits per heavy atom. The van der Waals surface area contributed by atoms with Crippen molar-refractivity contribution < 1.29 is 9.59 Å². The highest BCUT2D eigenvalue weighted by molar-refractivity contribution is 7.12. The average Bonchev–Trinajstić information content (AvgIpc) is 3.07. The number of anilines is 1. The molecule has 0 aliphatic rings. The van der Waals surface area contributed by atoms with Gasteiger partial charge in [-0.3, -0.25) is 9.59 Å². The van der Waals surface area contributed by atoms with Crippen molar-refractivity contribution in [2.45, 2.75) is 19.4 Å².